The molecule has 1 aromatic carbocycles. The van der Waals surface area contributed by atoms with Crippen LogP contribution in [-0.2, 0) is 4.79 Å². The summed E-state index contributed by atoms with van der Waals surface area (Å²) in [6, 6.07) is 6.40. The van der Waals surface area contributed by atoms with Crippen LogP contribution in [0.3, 0.4) is 0 Å². The number of aliphatic carboxylic acids is 1. The number of hydrogen-bond donors (Lipinski definition) is 3. The lowest BCUT2D eigenvalue weighted by atomic mass is 10.1. The van der Waals surface area contributed by atoms with Crippen molar-refractivity contribution in [1.82, 2.24) is 5.32 Å². The van der Waals surface area contributed by atoms with E-state index in [4.69, 9.17) is 10.2 Å². The van der Waals surface area contributed by atoms with Crippen LogP contribution in [-0.4, -0.2) is 29.3 Å². The minimum absolute atomic E-state index is 0.0552. The zero-order valence-corrected chi connectivity index (χ0v) is 10.3. The van der Waals surface area contributed by atoms with Crippen LogP contribution >= 0.6 is 15.9 Å². The molecule has 88 valence electrons. The Morgan fingerprint density at radius 3 is 2.50 bits per heavy atom. The van der Waals surface area contributed by atoms with Crippen LogP contribution in [0.15, 0.2) is 28.7 Å². The average molecular weight is 288 g/mol. The van der Waals surface area contributed by atoms with Gasteiger partial charge in [-0.15, -0.1) is 0 Å². The van der Waals surface area contributed by atoms with Gasteiger partial charge in [0.25, 0.3) is 0 Å². The van der Waals surface area contributed by atoms with E-state index < -0.39 is 12.0 Å². The second-order valence-electron chi connectivity index (χ2n) is 3.35. The molecule has 0 saturated heterocycles. The van der Waals surface area contributed by atoms with Crippen LogP contribution in [0.4, 0.5) is 0 Å². The van der Waals surface area contributed by atoms with Gasteiger partial charge in [-0.3, -0.25) is 4.79 Å². The van der Waals surface area contributed by atoms with Crippen LogP contribution in [0.5, 0.6) is 0 Å². The van der Waals surface area contributed by atoms with Gasteiger partial charge in [-0.1, -0.05) is 28.1 Å². The van der Waals surface area contributed by atoms with E-state index in [1.54, 1.807) is 24.3 Å². The number of carboxylic acid groups (broad SMARTS) is 1. The third-order valence-electron chi connectivity index (χ3n) is 2.13. The van der Waals surface area contributed by atoms with Gasteiger partial charge in [0.05, 0.1) is 0 Å². The standard InChI is InChI=1S/C11H14BrNO3/c12-9-4-2-8(3-5-9)10(11(15)16)13-6-1-7-14/h2-5,10,13-14H,1,6-7H2,(H,15,16). The maximum atomic E-state index is 11.0. The lowest BCUT2D eigenvalue weighted by molar-refractivity contribution is -0.139. The van der Waals surface area contributed by atoms with Crippen LogP contribution in [0, 0.1) is 0 Å². The molecule has 1 atom stereocenters. The van der Waals surface area contributed by atoms with Crippen molar-refractivity contribution in [2.45, 2.75) is 12.5 Å². The van der Waals surface area contributed by atoms with Crippen LogP contribution < -0.4 is 5.32 Å². The lowest BCUT2D eigenvalue weighted by Crippen LogP contribution is -2.29. The van der Waals surface area contributed by atoms with Gasteiger partial charge in [0.1, 0.15) is 6.04 Å². The molecular formula is C11H14BrNO3. The largest absolute Gasteiger partial charge is 0.480 e. The number of benzene rings is 1. The fourth-order valence-electron chi connectivity index (χ4n) is 1.33. The van der Waals surface area contributed by atoms with Crippen molar-refractivity contribution < 1.29 is 15.0 Å². The molecule has 1 unspecified atom stereocenters. The predicted octanol–water partition coefficient (Wildman–Crippen LogP) is 1.55. The first-order chi connectivity index (χ1) is 7.65. The third kappa shape index (κ3) is 3.92. The SMILES string of the molecule is O=C(O)C(NCCCO)c1ccc(Br)cc1. The second-order valence-corrected chi connectivity index (χ2v) is 4.27. The van der Waals surface area contributed by atoms with E-state index in [2.05, 4.69) is 21.2 Å². The minimum atomic E-state index is -0.916. The summed E-state index contributed by atoms with van der Waals surface area (Å²) in [6.45, 7) is 0.531. The van der Waals surface area contributed by atoms with Crippen molar-refractivity contribution >= 4 is 21.9 Å². The molecule has 0 aromatic heterocycles. The number of nitrogens with one attached hydrogen (secondary N) is 1. The molecule has 5 heteroatoms. The Kier molecular flexibility index (Phi) is 5.45. The van der Waals surface area contributed by atoms with Crippen molar-refractivity contribution in [3.05, 3.63) is 34.3 Å². The Morgan fingerprint density at radius 2 is 2.00 bits per heavy atom. The molecule has 16 heavy (non-hydrogen) atoms. The Hall–Kier alpha value is -0.910. The molecule has 3 N–H and O–H groups in total. The number of carboxylic acids is 1. The van der Waals surface area contributed by atoms with Crippen molar-refractivity contribution in [3.8, 4) is 0 Å². The molecule has 4 nitrogen and oxygen atoms in total. The quantitative estimate of drug-likeness (QED) is 0.695. The molecule has 1 rings (SSSR count). The molecule has 1 aromatic rings. The van der Waals surface area contributed by atoms with Crippen molar-refractivity contribution in [3.63, 3.8) is 0 Å². The summed E-state index contributed by atoms with van der Waals surface area (Å²) >= 11 is 3.29. The van der Waals surface area contributed by atoms with E-state index in [0.29, 0.717) is 18.5 Å². The van der Waals surface area contributed by atoms with Gasteiger partial charge in [-0.25, -0.2) is 0 Å². The van der Waals surface area contributed by atoms with E-state index in [1.807, 2.05) is 0 Å². The zero-order valence-electron chi connectivity index (χ0n) is 8.69. The summed E-state index contributed by atoms with van der Waals surface area (Å²) in [4.78, 5) is 11.0. The number of carbonyl (C=O) groups is 1. The highest BCUT2D eigenvalue weighted by Gasteiger charge is 2.18. The first-order valence-electron chi connectivity index (χ1n) is 4.97. The monoisotopic (exact) mass is 287 g/mol. The van der Waals surface area contributed by atoms with E-state index >= 15 is 0 Å². The lowest BCUT2D eigenvalue weighted by Gasteiger charge is -2.14. The van der Waals surface area contributed by atoms with Crippen molar-refractivity contribution in [2.75, 3.05) is 13.2 Å². The average Bonchev–Trinajstić information content (AvgIpc) is 2.26. The number of halogens is 1. The number of aliphatic hydroxyl groups excluding tert-OH is 1. The fourth-order valence-corrected chi connectivity index (χ4v) is 1.59. The summed E-state index contributed by atoms with van der Waals surface area (Å²) in [5.41, 5.74) is 0.702. The second kappa shape index (κ2) is 6.62. The van der Waals surface area contributed by atoms with E-state index in [9.17, 15) is 4.79 Å². The van der Waals surface area contributed by atoms with E-state index in [1.165, 1.54) is 0 Å². The molecule has 0 fully saturated rings. The Bertz CT molecular complexity index is 340. The molecule has 0 heterocycles. The van der Waals surface area contributed by atoms with Crippen LogP contribution in [0.25, 0.3) is 0 Å². The molecule has 0 radical (unpaired) electrons. The van der Waals surface area contributed by atoms with Crippen molar-refractivity contribution in [2.24, 2.45) is 0 Å². The van der Waals surface area contributed by atoms with Gasteiger partial charge in [0.15, 0.2) is 0 Å². The van der Waals surface area contributed by atoms with Crippen LogP contribution in [0.1, 0.15) is 18.0 Å². The highest BCUT2D eigenvalue weighted by atomic mass is 79.9. The molecule has 0 bridgehead atoms. The summed E-state index contributed by atoms with van der Waals surface area (Å²) in [5, 5.41) is 20.6. The molecule has 0 aliphatic rings. The number of hydrogen-bond acceptors (Lipinski definition) is 3. The third-order valence-corrected chi connectivity index (χ3v) is 2.66. The molecular weight excluding hydrogens is 274 g/mol. The van der Waals surface area contributed by atoms with Gasteiger partial charge >= 0.3 is 5.97 Å². The molecule has 0 aliphatic heterocycles. The number of aliphatic hydroxyl groups is 1. The predicted molar refractivity (Wildman–Crippen MR) is 64.2 cm³/mol. The molecule has 0 saturated carbocycles. The Morgan fingerprint density at radius 1 is 1.38 bits per heavy atom. The topological polar surface area (TPSA) is 69.6 Å². The summed E-state index contributed by atoms with van der Waals surface area (Å²) in [7, 11) is 0. The summed E-state index contributed by atoms with van der Waals surface area (Å²) in [6.07, 6.45) is 0.542. The first kappa shape index (κ1) is 13.2. The van der Waals surface area contributed by atoms with E-state index in [-0.39, 0.29) is 6.61 Å². The van der Waals surface area contributed by atoms with Gasteiger partial charge in [0, 0.05) is 11.1 Å². The van der Waals surface area contributed by atoms with Crippen molar-refractivity contribution in [1.29, 1.82) is 0 Å². The van der Waals surface area contributed by atoms with E-state index in [0.717, 1.165) is 4.47 Å². The van der Waals surface area contributed by atoms with Crippen LogP contribution in [0.2, 0.25) is 0 Å². The Labute approximate surface area is 102 Å². The van der Waals surface area contributed by atoms with Gasteiger partial charge < -0.3 is 15.5 Å². The summed E-state index contributed by atoms with van der Waals surface area (Å²) < 4.78 is 0.913. The summed E-state index contributed by atoms with van der Waals surface area (Å²) in [5.74, 6) is -0.916. The number of rotatable bonds is 6. The Balaban J connectivity index is 2.69. The molecule has 0 aliphatic carbocycles. The smallest absolute Gasteiger partial charge is 0.325 e. The minimum Gasteiger partial charge on any atom is -0.480 e. The fraction of sp³-hybridized carbons (Fsp3) is 0.364. The van der Waals surface area contributed by atoms with Gasteiger partial charge in [-0.05, 0) is 30.7 Å². The maximum absolute atomic E-state index is 11.0. The van der Waals surface area contributed by atoms with Gasteiger partial charge in [0.2, 0.25) is 0 Å². The zero-order chi connectivity index (χ0) is 12.0. The maximum Gasteiger partial charge on any atom is 0.325 e. The highest BCUT2D eigenvalue weighted by molar-refractivity contribution is 9.10. The highest BCUT2D eigenvalue weighted by Crippen LogP contribution is 2.17. The molecule has 0 spiro atoms. The van der Waals surface area contributed by atoms with Gasteiger partial charge in [-0.2, -0.15) is 0 Å². The first-order valence-corrected chi connectivity index (χ1v) is 5.77. The normalized spacial score (nSPS) is 12.4. The molecule has 0 amide bonds.